The van der Waals surface area contributed by atoms with E-state index in [1.54, 1.807) is 36.3 Å². The van der Waals surface area contributed by atoms with E-state index in [-0.39, 0.29) is 17.5 Å². The van der Waals surface area contributed by atoms with Crippen LogP contribution in [0.25, 0.3) is 0 Å². The highest BCUT2D eigenvalue weighted by atomic mass is 19.1. The van der Waals surface area contributed by atoms with Gasteiger partial charge in [0.15, 0.2) is 11.6 Å². The largest absolute Gasteiger partial charge is 0.324 e. The number of aromatic nitrogens is 1. The molecule has 5 heteroatoms. The summed E-state index contributed by atoms with van der Waals surface area (Å²) in [6.45, 7) is 2.79. The number of pyridine rings is 1. The maximum absolute atomic E-state index is 14.4. The van der Waals surface area contributed by atoms with Gasteiger partial charge < -0.3 is 10.2 Å². The highest BCUT2D eigenvalue weighted by molar-refractivity contribution is 5.61. The van der Waals surface area contributed by atoms with Gasteiger partial charge in [-0.1, -0.05) is 6.07 Å². The summed E-state index contributed by atoms with van der Waals surface area (Å²) in [5, 5.41) is 2.91. The van der Waals surface area contributed by atoms with Crippen LogP contribution in [0.3, 0.4) is 0 Å². The summed E-state index contributed by atoms with van der Waals surface area (Å²) in [6, 6.07) is 7.70. The Bertz CT molecular complexity index is 587. The highest BCUT2D eigenvalue weighted by Gasteiger charge is 2.16. The maximum atomic E-state index is 14.4. The van der Waals surface area contributed by atoms with Crippen molar-refractivity contribution < 1.29 is 8.78 Å². The van der Waals surface area contributed by atoms with Gasteiger partial charge in [-0.15, -0.1) is 0 Å². The van der Waals surface area contributed by atoms with Crippen molar-refractivity contribution in [2.45, 2.75) is 13.5 Å². The molecule has 0 saturated heterocycles. The van der Waals surface area contributed by atoms with Gasteiger partial charge in [-0.25, -0.2) is 13.8 Å². The van der Waals surface area contributed by atoms with Crippen molar-refractivity contribution in [1.82, 2.24) is 10.3 Å². The van der Waals surface area contributed by atoms with Crippen molar-refractivity contribution >= 4 is 11.5 Å². The molecule has 20 heavy (non-hydrogen) atoms. The van der Waals surface area contributed by atoms with E-state index in [9.17, 15) is 8.78 Å². The van der Waals surface area contributed by atoms with Crippen LogP contribution in [0.1, 0.15) is 12.5 Å². The van der Waals surface area contributed by atoms with E-state index in [2.05, 4.69) is 10.3 Å². The number of benzene rings is 1. The average Bonchev–Trinajstić information content (AvgIpc) is 2.44. The van der Waals surface area contributed by atoms with Crippen LogP contribution in [-0.2, 0) is 6.54 Å². The predicted molar refractivity (Wildman–Crippen MR) is 76.0 cm³/mol. The van der Waals surface area contributed by atoms with Crippen molar-refractivity contribution in [3.05, 3.63) is 53.7 Å². The lowest BCUT2D eigenvalue weighted by molar-refractivity contribution is 0.592. The van der Waals surface area contributed by atoms with Gasteiger partial charge in [-0.3, -0.25) is 0 Å². The first-order valence-electron chi connectivity index (χ1n) is 6.48. The smallest absolute Gasteiger partial charge is 0.170 e. The molecule has 0 bridgehead atoms. The number of rotatable bonds is 5. The number of hydrogen-bond donors (Lipinski definition) is 1. The molecule has 0 radical (unpaired) electrons. The number of anilines is 2. The molecule has 1 aromatic heterocycles. The van der Waals surface area contributed by atoms with Crippen LogP contribution in [0.5, 0.6) is 0 Å². The van der Waals surface area contributed by atoms with Crippen molar-refractivity contribution in [3.8, 4) is 0 Å². The summed E-state index contributed by atoms with van der Waals surface area (Å²) in [6.07, 6.45) is 1.56. The van der Waals surface area contributed by atoms with Crippen LogP contribution in [0.15, 0.2) is 36.5 Å². The molecule has 3 nitrogen and oxygen atoms in total. The molecule has 2 aromatic rings. The van der Waals surface area contributed by atoms with E-state index in [1.165, 1.54) is 12.1 Å². The lowest BCUT2D eigenvalue weighted by atomic mass is 10.2. The Morgan fingerprint density at radius 1 is 1.25 bits per heavy atom. The van der Waals surface area contributed by atoms with Gasteiger partial charge in [-0.05, 0) is 38.2 Å². The minimum absolute atomic E-state index is 0.214. The Hall–Kier alpha value is -2.01. The van der Waals surface area contributed by atoms with E-state index in [0.717, 1.165) is 0 Å². The molecule has 0 aliphatic heterocycles. The number of hydrogen-bond acceptors (Lipinski definition) is 3. The molecule has 1 N–H and O–H groups in total. The molecule has 0 aliphatic rings. The minimum atomic E-state index is -0.382. The van der Waals surface area contributed by atoms with E-state index in [0.29, 0.717) is 24.3 Å². The molecule has 0 fully saturated rings. The van der Waals surface area contributed by atoms with Gasteiger partial charge in [0.25, 0.3) is 0 Å². The molecule has 0 spiro atoms. The number of nitrogens with one attached hydrogen (secondary N) is 1. The molecule has 0 amide bonds. The van der Waals surface area contributed by atoms with Gasteiger partial charge in [0.1, 0.15) is 5.82 Å². The Balaban J connectivity index is 2.44. The summed E-state index contributed by atoms with van der Waals surface area (Å²) in [5.74, 6) is -0.522. The van der Waals surface area contributed by atoms with E-state index >= 15 is 0 Å². The van der Waals surface area contributed by atoms with Crippen LogP contribution in [0, 0.1) is 11.6 Å². The molecular formula is C15H17F2N3. The predicted octanol–water partition coefficient (Wildman–Crippen LogP) is 3.24. The Labute approximate surface area is 117 Å². The number of halogens is 2. The third-order valence-electron chi connectivity index (χ3n) is 3.01. The molecule has 1 heterocycles. The number of nitrogens with zero attached hydrogens (tertiary/aromatic N) is 2. The molecule has 0 aliphatic carbocycles. The second kappa shape index (κ2) is 6.43. The second-order valence-electron chi connectivity index (χ2n) is 4.36. The molecule has 1 aromatic carbocycles. The van der Waals surface area contributed by atoms with E-state index in [4.69, 9.17) is 0 Å². The first-order chi connectivity index (χ1) is 9.67. The standard InChI is InChI=1S/C15H17F2N3/c1-3-20(13-6-4-5-12(16)9-13)15-14(17)11(10-18-2)7-8-19-15/h4-9,18H,3,10H2,1-2H3. The Kier molecular flexibility index (Phi) is 4.63. The SMILES string of the molecule is CCN(c1cccc(F)c1)c1nccc(CNC)c1F. The first-order valence-corrected chi connectivity index (χ1v) is 6.48. The van der Waals surface area contributed by atoms with Crippen molar-refractivity contribution in [2.24, 2.45) is 0 Å². The topological polar surface area (TPSA) is 28.2 Å². The molecule has 0 saturated carbocycles. The van der Waals surface area contributed by atoms with Gasteiger partial charge in [0, 0.05) is 30.5 Å². The quantitative estimate of drug-likeness (QED) is 0.909. The lowest BCUT2D eigenvalue weighted by Gasteiger charge is -2.23. The van der Waals surface area contributed by atoms with Crippen LogP contribution in [0.4, 0.5) is 20.3 Å². The lowest BCUT2D eigenvalue weighted by Crippen LogP contribution is -2.20. The summed E-state index contributed by atoms with van der Waals surface area (Å²) < 4.78 is 27.8. The Morgan fingerprint density at radius 2 is 2.05 bits per heavy atom. The zero-order chi connectivity index (χ0) is 14.5. The normalized spacial score (nSPS) is 10.6. The van der Waals surface area contributed by atoms with Crippen LogP contribution in [-0.4, -0.2) is 18.6 Å². The summed E-state index contributed by atoms with van der Waals surface area (Å²) >= 11 is 0. The fraction of sp³-hybridized carbons (Fsp3) is 0.267. The highest BCUT2D eigenvalue weighted by Crippen LogP contribution is 2.27. The first kappa shape index (κ1) is 14.4. The van der Waals surface area contributed by atoms with Gasteiger partial charge in [0.05, 0.1) is 0 Å². The van der Waals surface area contributed by atoms with E-state index < -0.39 is 0 Å². The minimum Gasteiger partial charge on any atom is -0.324 e. The van der Waals surface area contributed by atoms with Gasteiger partial charge >= 0.3 is 0 Å². The van der Waals surface area contributed by atoms with Gasteiger partial charge in [-0.2, -0.15) is 0 Å². The zero-order valence-electron chi connectivity index (χ0n) is 11.5. The summed E-state index contributed by atoms with van der Waals surface area (Å²) in [5.41, 5.74) is 1.12. The van der Waals surface area contributed by atoms with Gasteiger partial charge in [0.2, 0.25) is 0 Å². The monoisotopic (exact) mass is 277 g/mol. The van der Waals surface area contributed by atoms with Crippen LogP contribution in [0.2, 0.25) is 0 Å². The maximum Gasteiger partial charge on any atom is 0.170 e. The van der Waals surface area contributed by atoms with Crippen LogP contribution >= 0.6 is 0 Å². The second-order valence-corrected chi connectivity index (χ2v) is 4.36. The fourth-order valence-electron chi connectivity index (χ4n) is 2.09. The average molecular weight is 277 g/mol. The summed E-state index contributed by atoms with van der Waals surface area (Å²) in [4.78, 5) is 5.75. The molecule has 0 atom stereocenters. The third kappa shape index (κ3) is 2.93. The molecule has 2 rings (SSSR count). The Morgan fingerprint density at radius 3 is 2.70 bits per heavy atom. The van der Waals surface area contributed by atoms with Crippen LogP contribution < -0.4 is 10.2 Å². The van der Waals surface area contributed by atoms with Crippen molar-refractivity contribution in [1.29, 1.82) is 0 Å². The zero-order valence-corrected chi connectivity index (χ0v) is 11.5. The van der Waals surface area contributed by atoms with E-state index in [1.807, 2.05) is 6.92 Å². The van der Waals surface area contributed by atoms with Crippen molar-refractivity contribution in [2.75, 3.05) is 18.5 Å². The summed E-state index contributed by atoms with van der Waals surface area (Å²) in [7, 11) is 1.75. The molecule has 106 valence electrons. The van der Waals surface area contributed by atoms with Crippen molar-refractivity contribution in [3.63, 3.8) is 0 Å². The molecular weight excluding hydrogens is 260 g/mol. The third-order valence-corrected chi connectivity index (χ3v) is 3.01. The molecule has 0 unspecified atom stereocenters. The fourth-order valence-corrected chi connectivity index (χ4v) is 2.09.